The number of hydrogen-bond donors (Lipinski definition) is 1. The zero-order valence-corrected chi connectivity index (χ0v) is 19.8. The summed E-state index contributed by atoms with van der Waals surface area (Å²) in [5.41, 5.74) is 1.37. The number of benzene rings is 2. The Kier molecular flexibility index (Phi) is 8.14. The smallest absolute Gasteiger partial charge is 0.251 e. The molecule has 178 valence electrons. The molecule has 7 nitrogen and oxygen atoms in total. The summed E-state index contributed by atoms with van der Waals surface area (Å²) in [6, 6.07) is 16.1. The SMILES string of the molecule is O=C(N[C@H](CN1CCOCC1)c1ccccc1)c1cccc(S(=O)(=O)N2CCCCCC2)c1. The van der Waals surface area contributed by atoms with Crippen molar-refractivity contribution in [2.75, 3.05) is 45.9 Å². The lowest BCUT2D eigenvalue weighted by Crippen LogP contribution is -2.43. The highest BCUT2D eigenvalue weighted by atomic mass is 32.2. The third-order valence-electron chi connectivity index (χ3n) is 6.35. The van der Waals surface area contributed by atoms with Crippen molar-refractivity contribution >= 4 is 15.9 Å². The van der Waals surface area contributed by atoms with E-state index in [1.807, 2.05) is 30.3 Å². The van der Waals surface area contributed by atoms with Gasteiger partial charge in [0.05, 0.1) is 24.2 Å². The van der Waals surface area contributed by atoms with Crippen molar-refractivity contribution < 1.29 is 17.9 Å². The summed E-state index contributed by atoms with van der Waals surface area (Å²) in [7, 11) is -3.61. The van der Waals surface area contributed by atoms with Crippen LogP contribution >= 0.6 is 0 Å². The van der Waals surface area contributed by atoms with Crippen LogP contribution in [-0.2, 0) is 14.8 Å². The molecular formula is C25H33N3O4S. The molecule has 4 rings (SSSR count). The van der Waals surface area contributed by atoms with Crippen LogP contribution in [0.3, 0.4) is 0 Å². The molecule has 0 spiro atoms. The molecule has 33 heavy (non-hydrogen) atoms. The van der Waals surface area contributed by atoms with Gasteiger partial charge in [0.25, 0.3) is 5.91 Å². The molecule has 1 N–H and O–H groups in total. The molecule has 2 aliphatic heterocycles. The second-order valence-corrected chi connectivity index (χ2v) is 10.6. The van der Waals surface area contributed by atoms with Crippen LogP contribution in [0.15, 0.2) is 59.5 Å². The molecule has 0 aromatic heterocycles. The Balaban J connectivity index is 1.52. The van der Waals surface area contributed by atoms with Crippen molar-refractivity contribution in [3.8, 4) is 0 Å². The highest BCUT2D eigenvalue weighted by Gasteiger charge is 2.26. The molecule has 0 unspecified atom stereocenters. The summed E-state index contributed by atoms with van der Waals surface area (Å²) < 4.78 is 33.4. The molecule has 2 saturated heterocycles. The van der Waals surface area contributed by atoms with E-state index in [9.17, 15) is 13.2 Å². The van der Waals surface area contributed by atoms with Crippen LogP contribution in [0.4, 0.5) is 0 Å². The van der Waals surface area contributed by atoms with Crippen LogP contribution in [0.25, 0.3) is 0 Å². The minimum atomic E-state index is -3.61. The minimum absolute atomic E-state index is 0.182. The van der Waals surface area contributed by atoms with E-state index < -0.39 is 10.0 Å². The Morgan fingerprint density at radius 1 is 0.909 bits per heavy atom. The molecule has 8 heteroatoms. The van der Waals surface area contributed by atoms with Gasteiger partial charge in [-0.3, -0.25) is 9.69 Å². The van der Waals surface area contributed by atoms with Gasteiger partial charge in [-0.05, 0) is 36.6 Å². The van der Waals surface area contributed by atoms with Crippen molar-refractivity contribution in [1.82, 2.24) is 14.5 Å². The average Bonchev–Trinajstić information content (AvgIpc) is 3.15. The van der Waals surface area contributed by atoms with Gasteiger partial charge in [0.1, 0.15) is 0 Å². The fourth-order valence-electron chi connectivity index (χ4n) is 4.43. The van der Waals surface area contributed by atoms with Gasteiger partial charge in [0, 0.05) is 38.3 Å². The maximum absolute atomic E-state index is 13.2. The Labute approximate surface area is 196 Å². The number of carbonyl (C=O) groups is 1. The van der Waals surface area contributed by atoms with E-state index in [4.69, 9.17) is 4.74 Å². The van der Waals surface area contributed by atoms with E-state index in [0.29, 0.717) is 38.4 Å². The van der Waals surface area contributed by atoms with E-state index in [2.05, 4.69) is 10.2 Å². The van der Waals surface area contributed by atoms with Crippen molar-refractivity contribution in [1.29, 1.82) is 0 Å². The number of morpholine rings is 1. The fraction of sp³-hybridized carbons (Fsp3) is 0.480. The first-order chi connectivity index (χ1) is 16.0. The van der Waals surface area contributed by atoms with Gasteiger partial charge < -0.3 is 10.1 Å². The lowest BCUT2D eigenvalue weighted by molar-refractivity contribution is 0.0332. The highest BCUT2D eigenvalue weighted by molar-refractivity contribution is 7.89. The van der Waals surface area contributed by atoms with E-state index in [-0.39, 0.29) is 16.8 Å². The molecule has 1 amide bonds. The first kappa shape index (κ1) is 23.9. The molecule has 0 bridgehead atoms. The highest BCUT2D eigenvalue weighted by Crippen LogP contribution is 2.22. The predicted octanol–water partition coefficient (Wildman–Crippen LogP) is 3.05. The second-order valence-electron chi connectivity index (χ2n) is 8.70. The lowest BCUT2D eigenvalue weighted by Gasteiger charge is -2.31. The van der Waals surface area contributed by atoms with Crippen LogP contribution in [0.1, 0.15) is 47.6 Å². The molecule has 2 aromatic rings. The van der Waals surface area contributed by atoms with Gasteiger partial charge in [-0.1, -0.05) is 49.2 Å². The Morgan fingerprint density at radius 2 is 1.61 bits per heavy atom. The number of nitrogens with one attached hydrogen (secondary N) is 1. The summed E-state index contributed by atoms with van der Waals surface area (Å²) >= 11 is 0. The molecule has 0 radical (unpaired) electrons. The van der Waals surface area contributed by atoms with Crippen LogP contribution in [-0.4, -0.2) is 69.5 Å². The summed E-state index contributed by atoms with van der Waals surface area (Å²) in [6.07, 6.45) is 3.86. The summed E-state index contributed by atoms with van der Waals surface area (Å²) in [6.45, 7) is 4.76. The Bertz CT molecular complexity index is 1010. The van der Waals surface area contributed by atoms with Crippen molar-refractivity contribution in [2.45, 2.75) is 36.6 Å². The number of ether oxygens (including phenoxy) is 1. The number of hydrogen-bond acceptors (Lipinski definition) is 5. The molecule has 0 aliphatic carbocycles. The normalized spacial score (nSPS) is 19.5. The predicted molar refractivity (Wildman–Crippen MR) is 128 cm³/mol. The molecular weight excluding hydrogens is 438 g/mol. The number of carbonyl (C=O) groups excluding carboxylic acids is 1. The maximum atomic E-state index is 13.2. The van der Waals surface area contributed by atoms with Crippen molar-refractivity contribution in [3.05, 3.63) is 65.7 Å². The first-order valence-electron chi connectivity index (χ1n) is 11.8. The summed E-state index contributed by atoms with van der Waals surface area (Å²) in [5, 5.41) is 3.14. The van der Waals surface area contributed by atoms with Gasteiger partial charge in [0.15, 0.2) is 0 Å². The molecule has 1 atom stereocenters. The van der Waals surface area contributed by atoms with Gasteiger partial charge in [-0.2, -0.15) is 4.31 Å². The average molecular weight is 472 g/mol. The van der Waals surface area contributed by atoms with Gasteiger partial charge >= 0.3 is 0 Å². The molecule has 2 aromatic carbocycles. The first-order valence-corrected chi connectivity index (χ1v) is 13.2. The zero-order chi connectivity index (χ0) is 23.1. The monoisotopic (exact) mass is 471 g/mol. The van der Waals surface area contributed by atoms with E-state index in [0.717, 1.165) is 44.3 Å². The number of sulfonamides is 1. The Morgan fingerprint density at radius 3 is 2.30 bits per heavy atom. The van der Waals surface area contributed by atoms with Gasteiger partial charge in [-0.15, -0.1) is 0 Å². The topological polar surface area (TPSA) is 79.0 Å². The van der Waals surface area contributed by atoms with E-state index >= 15 is 0 Å². The standard InChI is InChI=1S/C25H33N3O4S/c29-25(26-24(21-9-4-3-5-10-21)20-27-15-17-32-18-16-27)22-11-8-12-23(19-22)33(30,31)28-13-6-1-2-7-14-28/h3-5,8-12,19,24H,1-2,6-7,13-18,20H2,(H,26,29)/t24-/m1/s1. The van der Waals surface area contributed by atoms with Crippen molar-refractivity contribution in [2.24, 2.45) is 0 Å². The van der Waals surface area contributed by atoms with Crippen LogP contribution in [0.5, 0.6) is 0 Å². The maximum Gasteiger partial charge on any atom is 0.251 e. The number of amides is 1. The lowest BCUT2D eigenvalue weighted by atomic mass is 10.1. The van der Waals surface area contributed by atoms with Crippen LogP contribution in [0.2, 0.25) is 0 Å². The molecule has 0 saturated carbocycles. The second kappa shape index (κ2) is 11.2. The van der Waals surface area contributed by atoms with Crippen LogP contribution < -0.4 is 5.32 Å². The largest absolute Gasteiger partial charge is 0.379 e. The van der Waals surface area contributed by atoms with Gasteiger partial charge in [-0.25, -0.2) is 8.42 Å². The molecule has 2 heterocycles. The molecule has 2 fully saturated rings. The summed E-state index contributed by atoms with van der Waals surface area (Å²) in [4.78, 5) is 15.7. The molecule has 2 aliphatic rings. The zero-order valence-electron chi connectivity index (χ0n) is 19.0. The van der Waals surface area contributed by atoms with Crippen LogP contribution in [0, 0.1) is 0 Å². The fourth-order valence-corrected chi connectivity index (χ4v) is 6.00. The van der Waals surface area contributed by atoms with E-state index in [1.165, 1.54) is 6.07 Å². The van der Waals surface area contributed by atoms with E-state index in [1.54, 1.807) is 22.5 Å². The Hall–Kier alpha value is -2.26. The minimum Gasteiger partial charge on any atom is -0.379 e. The van der Waals surface area contributed by atoms with Gasteiger partial charge in [0.2, 0.25) is 10.0 Å². The third kappa shape index (κ3) is 6.20. The third-order valence-corrected chi connectivity index (χ3v) is 8.25. The number of nitrogens with zero attached hydrogens (tertiary/aromatic N) is 2. The number of rotatable bonds is 7. The summed E-state index contributed by atoms with van der Waals surface area (Å²) in [5.74, 6) is -0.273. The quantitative estimate of drug-likeness (QED) is 0.672. The van der Waals surface area contributed by atoms with Crippen molar-refractivity contribution in [3.63, 3.8) is 0 Å².